The third kappa shape index (κ3) is 2.96. The van der Waals surface area contributed by atoms with Gasteiger partial charge in [0, 0.05) is 6.07 Å². The molecule has 0 unspecified atom stereocenters. The Morgan fingerprint density at radius 3 is 2.43 bits per heavy atom. The molecule has 0 amide bonds. The highest BCUT2D eigenvalue weighted by Crippen LogP contribution is 2.32. The molecule has 0 fully saturated rings. The van der Waals surface area contributed by atoms with Crippen LogP contribution in [0, 0.1) is 5.92 Å². The number of ether oxygens (including phenoxy) is 1. The molecule has 0 aromatic heterocycles. The third-order valence-electron chi connectivity index (χ3n) is 1.62. The Hall–Kier alpha value is -0.600. The number of anilines is 1. The second-order valence-corrected chi connectivity index (χ2v) is 4.32. The molecule has 78 valence electrons. The molecule has 0 aliphatic heterocycles. The zero-order chi connectivity index (χ0) is 10.7. The average molecular weight is 234 g/mol. The van der Waals surface area contributed by atoms with Gasteiger partial charge < -0.3 is 10.5 Å². The second-order valence-electron chi connectivity index (χ2n) is 3.51. The summed E-state index contributed by atoms with van der Waals surface area (Å²) >= 11 is 11.6. The van der Waals surface area contributed by atoms with Gasteiger partial charge in [-0.2, -0.15) is 0 Å². The van der Waals surface area contributed by atoms with E-state index >= 15 is 0 Å². The van der Waals surface area contributed by atoms with Crippen LogP contribution in [-0.4, -0.2) is 6.61 Å². The van der Waals surface area contributed by atoms with E-state index in [0.717, 1.165) is 0 Å². The van der Waals surface area contributed by atoms with Gasteiger partial charge in [0.2, 0.25) is 0 Å². The highest BCUT2D eigenvalue weighted by molar-refractivity contribution is 6.42. The molecule has 1 aromatic rings. The maximum atomic E-state index is 5.83. The summed E-state index contributed by atoms with van der Waals surface area (Å²) in [7, 11) is 0. The summed E-state index contributed by atoms with van der Waals surface area (Å²) < 4.78 is 5.47. The minimum atomic E-state index is 0.445. The summed E-state index contributed by atoms with van der Waals surface area (Å²) in [4.78, 5) is 0. The summed E-state index contributed by atoms with van der Waals surface area (Å²) in [5.41, 5.74) is 6.22. The van der Waals surface area contributed by atoms with E-state index in [1.54, 1.807) is 12.1 Å². The quantitative estimate of drug-likeness (QED) is 0.810. The normalized spacial score (nSPS) is 10.6. The lowest BCUT2D eigenvalue weighted by molar-refractivity contribution is 0.272. The Kier molecular flexibility index (Phi) is 3.90. The Labute approximate surface area is 94.0 Å². The lowest BCUT2D eigenvalue weighted by Gasteiger charge is -2.11. The lowest BCUT2D eigenvalue weighted by atomic mass is 10.2. The van der Waals surface area contributed by atoms with Crippen LogP contribution in [0.5, 0.6) is 5.75 Å². The molecule has 4 heteroatoms. The standard InChI is InChI=1S/C10H13Cl2NO/c1-6(2)5-14-10-4-8(12)7(11)3-9(10)13/h3-4,6H,5,13H2,1-2H3. The van der Waals surface area contributed by atoms with Gasteiger partial charge in [-0.1, -0.05) is 37.0 Å². The minimum absolute atomic E-state index is 0.445. The van der Waals surface area contributed by atoms with E-state index < -0.39 is 0 Å². The number of rotatable bonds is 3. The smallest absolute Gasteiger partial charge is 0.143 e. The molecule has 0 aliphatic carbocycles. The fraction of sp³-hybridized carbons (Fsp3) is 0.400. The summed E-state index contributed by atoms with van der Waals surface area (Å²) in [5, 5.41) is 0.903. The highest BCUT2D eigenvalue weighted by Gasteiger charge is 2.06. The van der Waals surface area contributed by atoms with E-state index in [9.17, 15) is 0 Å². The maximum Gasteiger partial charge on any atom is 0.143 e. The second kappa shape index (κ2) is 4.76. The van der Waals surface area contributed by atoms with Crippen LogP contribution in [0.1, 0.15) is 13.8 Å². The summed E-state index contributed by atoms with van der Waals surface area (Å²) in [5.74, 6) is 1.04. The van der Waals surface area contributed by atoms with Crippen LogP contribution in [0.2, 0.25) is 10.0 Å². The van der Waals surface area contributed by atoms with Gasteiger partial charge in [-0.15, -0.1) is 0 Å². The molecule has 1 rings (SSSR count). The van der Waals surface area contributed by atoms with Crippen LogP contribution in [0.15, 0.2) is 12.1 Å². The summed E-state index contributed by atoms with van der Waals surface area (Å²) in [6.07, 6.45) is 0. The van der Waals surface area contributed by atoms with E-state index in [-0.39, 0.29) is 0 Å². The van der Waals surface area contributed by atoms with Gasteiger partial charge in [0.1, 0.15) is 5.75 Å². The maximum absolute atomic E-state index is 5.83. The van der Waals surface area contributed by atoms with Crippen molar-refractivity contribution in [1.29, 1.82) is 0 Å². The van der Waals surface area contributed by atoms with Crippen LogP contribution in [0.4, 0.5) is 5.69 Å². The largest absolute Gasteiger partial charge is 0.491 e. The number of hydrogen-bond donors (Lipinski definition) is 1. The molecule has 0 spiro atoms. The number of halogens is 2. The molecule has 0 bridgehead atoms. The van der Waals surface area contributed by atoms with E-state index in [1.165, 1.54) is 0 Å². The van der Waals surface area contributed by atoms with Crippen LogP contribution < -0.4 is 10.5 Å². The van der Waals surface area contributed by atoms with Crippen molar-refractivity contribution in [1.82, 2.24) is 0 Å². The molecular weight excluding hydrogens is 221 g/mol. The molecule has 0 saturated heterocycles. The van der Waals surface area contributed by atoms with Crippen molar-refractivity contribution < 1.29 is 4.74 Å². The minimum Gasteiger partial charge on any atom is -0.491 e. The van der Waals surface area contributed by atoms with Crippen molar-refractivity contribution in [2.75, 3.05) is 12.3 Å². The topological polar surface area (TPSA) is 35.2 Å². The fourth-order valence-corrected chi connectivity index (χ4v) is 1.25. The van der Waals surface area contributed by atoms with E-state index in [1.807, 2.05) is 0 Å². The predicted molar refractivity (Wildman–Crippen MR) is 61.2 cm³/mol. The van der Waals surface area contributed by atoms with Crippen molar-refractivity contribution in [3.05, 3.63) is 22.2 Å². The first kappa shape index (κ1) is 11.5. The number of nitrogens with two attached hydrogens (primary N) is 1. The first-order chi connectivity index (χ1) is 6.50. The summed E-state index contributed by atoms with van der Waals surface area (Å²) in [6, 6.07) is 3.24. The van der Waals surface area contributed by atoms with Crippen LogP contribution >= 0.6 is 23.2 Å². The highest BCUT2D eigenvalue weighted by atomic mass is 35.5. The first-order valence-corrected chi connectivity index (χ1v) is 5.13. The van der Waals surface area contributed by atoms with E-state index in [2.05, 4.69) is 13.8 Å². The molecule has 0 radical (unpaired) electrons. The Morgan fingerprint density at radius 1 is 1.29 bits per heavy atom. The van der Waals surface area contributed by atoms with E-state index in [4.69, 9.17) is 33.7 Å². The molecule has 0 saturated carbocycles. The van der Waals surface area contributed by atoms with Crippen molar-refractivity contribution in [2.45, 2.75) is 13.8 Å². The van der Waals surface area contributed by atoms with E-state index in [0.29, 0.717) is 34.0 Å². The van der Waals surface area contributed by atoms with Gasteiger partial charge >= 0.3 is 0 Å². The molecule has 0 heterocycles. The van der Waals surface area contributed by atoms with Crippen LogP contribution in [0.25, 0.3) is 0 Å². The van der Waals surface area contributed by atoms with Crippen molar-refractivity contribution in [2.24, 2.45) is 5.92 Å². The van der Waals surface area contributed by atoms with Crippen LogP contribution in [-0.2, 0) is 0 Å². The Morgan fingerprint density at radius 2 is 1.86 bits per heavy atom. The fourth-order valence-electron chi connectivity index (χ4n) is 0.925. The number of benzene rings is 1. The van der Waals surface area contributed by atoms with Crippen molar-refractivity contribution >= 4 is 28.9 Å². The molecule has 0 aliphatic rings. The van der Waals surface area contributed by atoms with Gasteiger partial charge in [-0.3, -0.25) is 0 Å². The Balaban J connectivity index is 2.82. The van der Waals surface area contributed by atoms with Gasteiger partial charge in [0.15, 0.2) is 0 Å². The van der Waals surface area contributed by atoms with Gasteiger partial charge in [-0.25, -0.2) is 0 Å². The van der Waals surface area contributed by atoms with Crippen LogP contribution in [0.3, 0.4) is 0 Å². The molecule has 2 nitrogen and oxygen atoms in total. The third-order valence-corrected chi connectivity index (χ3v) is 2.35. The number of hydrogen-bond acceptors (Lipinski definition) is 2. The summed E-state index contributed by atoms with van der Waals surface area (Å²) in [6.45, 7) is 4.74. The zero-order valence-electron chi connectivity index (χ0n) is 8.18. The monoisotopic (exact) mass is 233 g/mol. The van der Waals surface area contributed by atoms with Gasteiger partial charge in [0.05, 0.1) is 22.3 Å². The lowest BCUT2D eigenvalue weighted by Crippen LogP contribution is -2.06. The zero-order valence-corrected chi connectivity index (χ0v) is 9.69. The number of nitrogen functional groups attached to an aromatic ring is 1. The van der Waals surface area contributed by atoms with Crippen molar-refractivity contribution in [3.8, 4) is 5.75 Å². The Bertz CT molecular complexity index is 326. The average Bonchev–Trinajstić information content (AvgIpc) is 2.09. The first-order valence-electron chi connectivity index (χ1n) is 4.38. The SMILES string of the molecule is CC(C)COc1cc(Cl)c(Cl)cc1N. The molecule has 14 heavy (non-hydrogen) atoms. The van der Waals surface area contributed by atoms with Gasteiger partial charge in [0.25, 0.3) is 0 Å². The van der Waals surface area contributed by atoms with Gasteiger partial charge in [-0.05, 0) is 12.0 Å². The predicted octanol–water partition coefficient (Wildman–Crippen LogP) is 3.61. The molecule has 0 atom stereocenters. The van der Waals surface area contributed by atoms with Crippen molar-refractivity contribution in [3.63, 3.8) is 0 Å². The molecule has 1 aromatic carbocycles. The molecule has 2 N–H and O–H groups in total. The molecular formula is C10H13Cl2NO.